The largest absolute Gasteiger partial charge is 0.488 e. The van der Waals surface area contributed by atoms with Gasteiger partial charge in [0.15, 0.2) is 0 Å². The summed E-state index contributed by atoms with van der Waals surface area (Å²) >= 11 is 6.81. The molecule has 298 valence electrons. The summed E-state index contributed by atoms with van der Waals surface area (Å²) in [6, 6.07) is 27.2. The number of hydrogen-bond acceptors (Lipinski definition) is 9. The predicted molar refractivity (Wildman–Crippen MR) is 225 cm³/mol. The molecule has 2 atom stereocenters. The van der Waals surface area contributed by atoms with Gasteiger partial charge >= 0.3 is 5.97 Å². The molecule has 0 radical (unpaired) electrons. The second-order valence-corrected chi connectivity index (χ2v) is 15.1. The highest BCUT2D eigenvalue weighted by atomic mass is 35.5. The molecule has 0 bridgehead atoms. The first-order chi connectivity index (χ1) is 27.5. The number of aliphatic carboxylic acids is 1. The van der Waals surface area contributed by atoms with Gasteiger partial charge in [0.2, 0.25) is 0 Å². The highest BCUT2D eigenvalue weighted by Crippen LogP contribution is 2.38. The summed E-state index contributed by atoms with van der Waals surface area (Å²) in [5, 5.41) is 32.3. The lowest BCUT2D eigenvalue weighted by atomic mass is 9.89. The summed E-state index contributed by atoms with van der Waals surface area (Å²) in [4.78, 5) is 22.6. The van der Waals surface area contributed by atoms with E-state index in [0.29, 0.717) is 34.7 Å². The molecule has 1 fully saturated rings. The molecule has 57 heavy (non-hydrogen) atoms. The van der Waals surface area contributed by atoms with E-state index in [4.69, 9.17) is 21.1 Å². The van der Waals surface area contributed by atoms with Crippen LogP contribution in [0.3, 0.4) is 0 Å². The van der Waals surface area contributed by atoms with Gasteiger partial charge in [0.05, 0.1) is 18.2 Å². The van der Waals surface area contributed by atoms with E-state index in [1.807, 2.05) is 18.2 Å². The third-order valence-electron chi connectivity index (χ3n) is 10.9. The van der Waals surface area contributed by atoms with E-state index >= 15 is 0 Å². The molecule has 0 saturated carbocycles. The summed E-state index contributed by atoms with van der Waals surface area (Å²) in [5.41, 5.74) is 9.84. The Morgan fingerprint density at radius 2 is 1.67 bits per heavy atom. The van der Waals surface area contributed by atoms with Crippen LogP contribution in [0.15, 0.2) is 96.2 Å². The predicted octanol–water partition coefficient (Wildman–Crippen LogP) is 7.95. The van der Waals surface area contributed by atoms with Crippen LogP contribution in [0.2, 0.25) is 5.02 Å². The van der Waals surface area contributed by atoms with E-state index in [-0.39, 0.29) is 26.4 Å². The van der Waals surface area contributed by atoms with Crippen molar-refractivity contribution < 1.29 is 29.6 Å². The van der Waals surface area contributed by atoms with E-state index in [1.54, 1.807) is 37.8 Å². The lowest BCUT2D eigenvalue weighted by Crippen LogP contribution is -2.52. The number of carbonyl (C=O) groups is 1. The molecule has 1 aromatic heterocycles. The fraction of sp³-hybridized carbons (Fsp3) is 0.326. The molecule has 2 heterocycles. The highest BCUT2D eigenvalue weighted by molar-refractivity contribution is 6.32. The zero-order valence-electron chi connectivity index (χ0n) is 33.0. The van der Waals surface area contributed by atoms with E-state index in [9.17, 15) is 20.1 Å². The van der Waals surface area contributed by atoms with Crippen LogP contribution in [-0.4, -0.2) is 76.3 Å². The number of benzene rings is 4. The maximum absolute atomic E-state index is 11.9. The Bertz CT molecular complexity index is 2210. The second-order valence-electron chi connectivity index (χ2n) is 14.7. The van der Waals surface area contributed by atoms with Crippen molar-refractivity contribution >= 4 is 23.8 Å². The Balaban J connectivity index is 1.23. The molecule has 10 nitrogen and oxygen atoms in total. The Morgan fingerprint density at radius 3 is 2.39 bits per heavy atom. The number of aliphatic hydroxyl groups excluding tert-OH is 2. The third-order valence-corrected chi connectivity index (χ3v) is 11.2. The van der Waals surface area contributed by atoms with Crippen LogP contribution < -0.4 is 14.8 Å². The van der Waals surface area contributed by atoms with E-state index < -0.39 is 18.1 Å². The van der Waals surface area contributed by atoms with Gasteiger partial charge in [0.1, 0.15) is 30.3 Å². The van der Waals surface area contributed by atoms with Crippen LogP contribution >= 0.6 is 11.6 Å². The summed E-state index contributed by atoms with van der Waals surface area (Å²) in [6.45, 7) is 7.47. The maximum Gasteiger partial charge on any atom is 0.326 e. The second kappa shape index (κ2) is 18.9. The van der Waals surface area contributed by atoms with Gasteiger partial charge in [-0.1, -0.05) is 72.3 Å². The third kappa shape index (κ3) is 9.72. The number of carboxylic acid groups (broad SMARTS) is 1. The van der Waals surface area contributed by atoms with Gasteiger partial charge in [-0.15, -0.1) is 0 Å². The number of nitrogens with zero attached hydrogens (tertiary/aromatic N) is 3. The van der Waals surface area contributed by atoms with E-state index in [2.05, 4.69) is 82.6 Å². The molecule has 6 rings (SSSR count). The number of ether oxygens (including phenoxy) is 2. The van der Waals surface area contributed by atoms with Gasteiger partial charge in [-0.05, 0) is 96.8 Å². The van der Waals surface area contributed by atoms with E-state index in [0.717, 1.165) is 58.3 Å². The first kappa shape index (κ1) is 41.5. The fourth-order valence-corrected chi connectivity index (χ4v) is 7.67. The number of halogens is 1. The first-order valence-corrected chi connectivity index (χ1v) is 19.6. The molecule has 4 N–H and O–H groups in total. The zero-order chi connectivity index (χ0) is 40.5. The normalized spacial score (nSPS) is 15.5. The molecule has 1 aliphatic heterocycles. The van der Waals surface area contributed by atoms with Gasteiger partial charge in [-0.3, -0.25) is 25.0 Å². The smallest absolute Gasteiger partial charge is 0.326 e. The molecule has 5 aromatic rings. The quantitative estimate of drug-likeness (QED) is 0.0692. The fourth-order valence-electron chi connectivity index (χ4n) is 7.43. The average molecular weight is 791 g/mol. The monoisotopic (exact) mass is 790 g/mol. The number of nitrogens with one attached hydrogen (secondary N) is 1. The van der Waals surface area contributed by atoms with Crippen molar-refractivity contribution in [3.8, 4) is 33.8 Å². The van der Waals surface area contributed by atoms with Crippen LogP contribution in [0.4, 0.5) is 0 Å². The summed E-state index contributed by atoms with van der Waals surface area (Å²) in [6.07, 6.45) is 7.38. The number of hydrogen-bond donors (Lipinski definition) is 4. The lowest BCUT2D eigenvalue weighted by molar-refractivity contribution is -0.145. The molecular weight excluding hydrogens is 740 g/mol. The number of carboxylic acids is 1. The number of likely N-dealkylation sites (tertiary alicyclic amines) is 1. The average Bonchev–Trinajstić information content (AvgIpc) is 3.68. The van der Waals surface area contributed by atoms with Crippen molar-refractivity contribution in [2.24, 2.45) is 4.99 Å². The first-order valence-electron chi connectivity index (χ1n) is 19.2. The Labute approximate surface area is 339 Å². The molecule has 1 unspecified atom stereocenters. The van der Waals surface area contributed by atoms with Crippen molar-refractivity contribution in [3.05, 3.63) is 135 Å². The molecule has 11 heteroatoms. The van der Waals surface area contributed by atoms with Crippen LogP contribution in [0.25, 0.3) is 22.3 Å². The molecule has 0 aliphatic carbocycles. The molecule has 1 aliphatic rings. The van der Waals surface area contributed by atoms with Gasteiger partial charge in [-0.25, -0.2) is 0 Å². The minimum Gasteiger partial charge on any atom is -0.488 e. The molecule has 4 aromatic carbocycles. The summed E-state index contributed by atoms with van der Waals surface area (Å²) < 4.78 is 12.7. The van der Waals surface area contributed by atoms with E-state index in [1.165, 1.54) is 23.6 Å². The molecule has 1 saturated heterocycles. The topological polar surface area (TPSA) is 137 Å². The maximum atomic E-state index is 11.9. The van der Waals surface area contributed by atoms with Gasteiger partial charge in [0, 0.05) is 67.5 Å². The van der Waals surface area contributed by atoms with Gasteiger partial charge in [-0.2, -0.15) is 0 Å². The van der Waals surface area contributed by atoms with Crippen molar-refractivity contribution in [1.29, 1.82) is 0 Å². The van der Waals surface area contributed by atoms with Crippen molar-refractivity contribution in [1.82, 2.24) is 15.2 Å². The Hall–Kier alpha value is -5.10. The SMILES string of the molecule is C/N=C\c1cncc(COc2cc(OCc3cccc(-c4cccc(-c5ccc(C6CCCN6CCO)cc5)c4C)c3C)c(Cl)cc2CN[C@@](C)(CO)C(=O)O)c1. The van der Waals surface area contributed by atoms with Crippen LogP contribution in [0, 0.1) is 13.8 Å². The number of rotatable bonds is 17. The van der Waals surface area contributed by atoms with Crippen molar-refractivity contribution in [3.63, 3.8) is 0 Å². The summed E-state index contributed by atoms with van der Waals surface area (Å²) in [7, 11) is 1.69. The molecule has 0 spiro atoms. The number of aromatic nitrogens is 1. The Morgan fingerprint density at radius 1 is 0.947 bits per heavy atom. The van der Waals surface area contributed by atoms with Crippen molar-refractivity contribution in [2.75, 3.05) is 33.4 Å². The lowest BCUT2D eigenvalue weighted by Gasteiger charge is -2.25. The number of β-amino-alcohol motifs (C(OH)–C–C–N with tert-alkyl or cyclic N) is 1. The molecular formula is C46H51ClN4O6. The zero-order valence-corrected chi connectivity index (χ0v) is 33.7. The minimum atomic E-state index is -1.57. The van der Waals surface area contributed by atoms with Gasteiger partial charge < -0.3 is 24.8 Å². The summed E-state index contributed by atoms with van der Waals surface area (Å²) in [5.74, 6) is -0.329. The highest BCUT2D eigenvalue weighted by Gasteiger charge is 2.32. The minimum absolute atomic E-state index is 0.0624. The standard InChI is InChI=1S/C46H51ClN4O6/c1-30-36(8-5-10-39(30)40-11-6-9-38(31(40)2)34-13-15-35(16-14-34)42-12-7-17-51(42)18-19-52)28-57-44-22-43(56-27-33-20-32(23-48-4)24-49-25-33)37(21-41(44)47)26-50-46(3,29-53)45(54)55/h5-6,8-11,13-16,20-25,42,50,52-53H,7,12,17-19,26-29H2,1-4H3,(H,54,55)/b48-23-/t42?,46-/m0/s1. The number of aliphatic imine (C=N–C) groups is 1. The molecule has 0 amide bonds. The van der Waals surface area contributed by atoms with Gasteiger partial charge in [0.25, 0.3) is 0 Å². The van der Waals surface area contributed by atoms with Crippen LogP contribution in [0.5, 0.6) is 11.5 Å². The number of aliphatic hydroxyl groups is 2. The Kier molecular flexibility index (Phi) is 13.8. The van der Waals surface area contributed by atoms with Crippen molar-refractivity contribution in [2.45, 2.75) is 65.0 Å². The van der Waals surface area contributed by atoms with Crippen LogP contribution in [0.1, 0.15) is 64.8 Å². The number of pyridine rings is 1. The van der Waals surface area contributed by atoms with Crippen LogP contribution in [-0.2, 0) is 24.6 Å².